The van der Waals surface area contributed by atoms with Crippen molar-refractivity contribution in [2.75, 3.05) is 46.8 Å². The molecule has 1 amide bonds. The Morgan fingerprint density at radius 1 is 1.22 bits per heavy atom. The van der Waals surface area contributed by atoms with Crippen LogP contribution in [-0.2, 0) is 11.3 Å². The van der Waals surface area contributed by atoms with E-state index in [4.69, 9.17) is 0 Å². The summed E-state index contributed by atoms with van der Waals surface area (Å²) in [6.07, 6.45) is 5.99. The predicted molar refractivity (Wildman–Crippen MR) is 90.1 cm³/mol. The molecule has 3 rings (SSSR count). The molecule has 23 heavy (non-hydrogen) atoms. The maximum Gasteiger partial charge on any atom is 0.227 e. The van der Waals surface area contributed by atoms with Crippen LogP contribution in [0.3, 0.4) is 0 Å². The highest BCUT2D eigenvalue weighted by molar-refractivity contribution is 5.78. The molecule has 0 saturated carbocycles. The fourth-order valence-corrected chi connectivity index (χ4v) is 3.90. The summed E-state index contributed by atoms with van der Waals surface area (Å²) >= 11 is 0. The zero-order valence-corrected chi connectivity index (χ0v) is 14.6. The third-order valence-corrected chi connectivity index (χ3v) is 5.67. The van der Waals surface area contributed by atoms with Gasteiger partial charge < -0.3 is 9.80 Å². The van der Waals surface area contributed by atoms with Crippen LogP contribution >= 0.6 is 0 Å². The molecule has 1 spiro atoms. The summed E-state index contributed by atoms with van der Waals surface area (Å²) in [6.45, 7) is 7.61. The first kappa shape index (κ1) is 16.5. The Kier molecular flexibility index (Phi) is 4.73. The van der Waals surface area contributed by atoms with E-state index in [-0.39, 0.29) is 17.4 Å². The van der Waals surface area contributed by atoms with Crippen LogP contribution in [0.5, 0.6) is 0 Å². The Balaban J connectivity index is 1.64. The monoisotopic (exact) mass is 319 g/mol. The minimum absolute atomic E-state index is 0.0263. The van der Waals surface area contributed by atoms with Gasteiger partial charge in [0, 0.05) is 37.6 Å². The fraction of sp³-hybridized carbons (Fsp3) is 0.765. The highest BCUT2D eigenvalue weighted by Gasteiger charge is 2.43. The van der Waals surface area contributed by atoms with E-state index in [1.54, 1.807) is 6.20 Å². The number of carbonyl (C=O) groups is 1. The van der Waals surface area contributed by atoms with Crippen molar-refractivity contribution in [2.24, 2.45) is 5.92 Å². The average Bonchev–Trinajstić information content (AvgIpc) is 3.05. The molecular weight excluding hydrogens is 290 g/mol. The van der Waals surface area contributed by atoms with E-state index in [0.29, 0.717) is 6.54 Å². The lowest BCUT2D eigenvalue weighted by atomic mass is 9.83. The first-order chi connectivity index (χ1) is 11.0. The number of hydrogen-bond acceptors (Lipinski definition) is 4. The van der Waals surface area contributed by atoms with Gasteiger partial charge in [-0.05, 0) is 46.1 Å². The first-order valence-corrected chi connectivity index (χ1v) is 8.66. The number of piperazine rings is 1. The zero-order valence-electron chi connectivity index (χ0n) is 14.6. The van der Waals surface area contributed by atoms with Crippen molar-refractivity contribution in [3.05, 3.63) is 18.5 Å². The maximum absolute atomic E-state index is 12.9. The number of amides is 1. The van der Waals surface area contributed by atoms with Crippen molar-refractivity contribution >= 4 is 5.91 Å². The molecular formula is C17H29N5O. The summed E-state index contributed by atoms with van der Waals surface area (Å²) in [5.41, 5.74) is 0.172. The molecule has 6 nitrogen and oxygen atoms in total. The number of likely N-dealkylation sites (N-methyl/N-ethyl adjacent to an activating group) is 1. The largest absolute Gasteiger partial charge is 0.339 e. The number of rotatable bonds is 3. The normalized spacial score (nSPS) is 24.0. The molecule has 0 radical (unpaired) electrons. The maximum atomic E-state index is 12.9. The van der Waals surface area contributed by atoms with E-state index in [1.807, 2.05) is 23.9 Å². The molecule has 128 valence electrons. The molecule has 0 aromatic carbocycles. The average molecular weight is 319 g/mol. The number of aromatic nitrogens is 2. The number of likely N-dealkylation sites (tertiary alicyclic amines) is 1. The highest BCUT2D eigenvalue weighted by atomic mass is 16.2. The van der Waals surface area contributed by atoms with Crippen LogP contribution in [-0.4, -0.2) is 82.7 Å². The van der Waals surface area contributed by atoms with Crippen molar-refractivity contribution < 1.29 is 4.79 Å². The van der Waals surface area contributed by atoms with Crippen molar-refractivity contribution in [2.45, 2.75) is 31.8 Å². The molecule has 2 fully saturated rings. The number of nitrogens with zero attached hydrogens (tertiary/aromatic N) is 5. The van der Waals surface area contributed by atoms with Gasteiger partial charge in [0.05, 0.1) is 12.5 Å². The zero-order chi connectivity index (χ0) is 16.4. The van der Waals surface area contributed by atoms with Gasteiger partial charge in [0.25, 0.3) is 0 Å². The lowest BCUT2D eigenvalue weighted by Crippen LogP contribution is -2.65. The first-order valence-electron chi connectivity index (χ1n) is 8.66. The Morgan fingerprint density at radius 2 is 1.96 bits per heavy atom. The van der Waals surface area contributed by atoms with Crippen LogP contribution in [0.4, 0.5) is 0 Å². The molecule has 1 aromatic rings. The fourth-order valence-electron chi connectivity index (χ4n) is 3.90. The van der Waals surface area contributed by atoms with Crippen molar-refractivity contribution in [1.82, 2.24) is 24.5 Å². The number of piperidine rings is 1. The van der Waals surface area contributed by atoms with E-state index >= 15 is 0 Å². The van der Waals surface area contributed by atoms with E-state index in [1.165, 1.54) is 0 Å². The van der Waals surface area contributed by atoms with Crippen molar-refractivity contribution in [1.29, 1.82) is 0 Å². The summed E-state index contributed by atoms with van der Waals surface area (Å²) in [4.78, 5) is 19.9. The van der Waals surface area contributed by atoms with E-state index < -0.39 is 0 Å². The molecule has 1 atom stereocenters. The van der Waals surface area contributed by atoms with Gasteiger partial charge in [-0.3, -0.25) is 14.4 Å². The lowest BCUT2D eigenvalue weighted by Gasteiger charge is -2.53. The number of hydrogen-bond donors (Lipinski definition) is 0. The predicted octanol–water partition coefficient (Wildman–Crippen LogP) is 0.758. The van der Waals surface area contributed by atoms with E-state index in [0.717, 1.165) is 45.6 Å². The highest BCUT2D eigenvalue weighted by Crippen LogP contribution is 2.31. The molecule has 0 unspecified atom stereocenters. The van der Waals surface area contributed by atoms with Crippen LogP contribution in [0, 0.1) is 5.92 Å². The smallest absolute Gasteiger partial charge is 0.227 e. The summed E-state index contributed by atoms with van der Waals surface area (Å²) in [6, 6.07) is 1.90. The van der Waals surface area contributed by atoms with Crippen molar-refractivity contribution in [3.8, 4) is 0 Å². The number of carbonyl (C=O) groups excluding carboxylic acids is 1. The van der Waals surface area contributed by atoms with Crippen molar-refractivity contribution in [3.63, 3.8) is 0 Å². The molecule has 1 aromatic heterocycles. The van der Waals surface area contributed by atoms with E-state index in [9.17, 15) is 4.79 Å². The SMILES string of the molecule is C[C@H](Cn1cccn1)C(=O)N1CCN(C)C2(CCN(C)CC2)C1. The second kappa shape index (κ2) is 6.61. The second-order valence-corrected chi connectivity index (χ2v) is 7.34. The van der Waals surface area contributed by atoms with Crippen LogP contribution in [0.15, 0.2) is 18.5 Å². The summed E-state index contributed by atoms with van der Waals surface area (Å²) in [7, 11) is 4.41. The van der Waals surface area contributed by atoms with Gasteiger partial charge in [0.2, 0.25) is 5.91 Å². The molecule has 3 heterocycles. The van der Waals surface area contributed by atoms with Gasteiger partial charge in [-0.2, -0.15) is 5.10 Å². The third-order valence-electron chi connectivity index (χ3n) is 5.67. The van der Waals surface area contributed by atoms with Crippen LogP contribution in [0.2, 0.25) is 0 Å². The lowest BCUT2D eigenvalue weighted by molar-refractivity contribution is -0.142. The van der Waals surface area contributed by atoms with Gasteiger partial charge >= 0.3 is 0 Å². The molecule has 2 saturated heterocycles. The molecule has 2 aliphatic heterocycles. The van der Waals surface area contributed by atoms with Gasteiger partial charge in [-0.15, -0.1) is 0 Å². The molecule has 0 bridgehead atoms. The van der Waals surface area contributed by atoms with Crippen LogP contribution in [0.25, 0.3) is 0 Å². The topological polar surface area (TPSA) is 44.6 Å². The Morgan fingerprint density at radius 3 is 2.61 bits per heavy atom. The van der Waals surface area contributed by atoms with E-state index in [2.05, 4.69) is 33.9 Å². The summed E-state index contributed by atoms with van der Waals surface area (Å²) < 4.78 is 1.85. The minimum atomic E-state index is -0.0263. The Hall–Kier alpha value is -1.40. The van der Waals surface area contributed by atoms with Crippen LogP contribution in [0.1, 0.15) is 19.8 Å². The molecule has 2 aliphatic rings. The summed E-state index contributed by atoms with van der Waals surface area (Å²) in [5.74, 6) is 0.244. The quantitative estimate of drug-likeness (QED) is 0.825. The minimum Gasteiger partial charge on any atom is -0.339 e. The standard InChI is InChI=1S/C17H29N5O/c1-15(13-22-8-4-7-18-22)16(23)21-12-11-20(3)17(14-21)5-9-19(2)10-6-17/h4,7-8,15H,5-6,9-14H2,1-3H3/t15-/m1/s1. The Labute approximate surface area is 139 Å². The van der Waals surface area contributed by atoms with Gasteiger partial charge in [-0.1, -0.05) is 6.92 Å². The summed E-state index contributed by atoms with van der Waals surface area (Å²) in [5, 5.41) is 4.22. The second-order valence-electron chi connectivity index (χ2n) is 7.34. The molecule has 0 aliphatic carbocycles. The van der Waals surface area contributed by atoms with Gasteiger partial charge in [0.1, 0.15) is 0 Å². The Bertz CT molecular complexity index is 521. The molecule has 0 N–H and O–H groups in total. The van der Waals surface area contributed by atoms with Gasteiger partial charge in [0.15, 0.2) is 0 Å². The van der Waals surface area contributed by atoms with Crippen LogP contribution < -0.4 is 0 Å². The third kappa shape index (κ3) is 3.43. The molecule has 6 heteroatoms. The van der Waals surface area contributed by atoms with Gasteiger partial charge in [-0.25, -0.2) is 0 Å².